The van der Waals surface area contributed by atoms with E-state index in [2.05, 4.69) is 15.2 Å². The molecule has 0 fully saturated rings. The van der Waals surface area contributed by atoms with Crippen molar-refractivity contribution in [1.29, 1.82) is 0 Å². The van der Waals surface area contributed by atoms with Crippen LogP contribution >= 0.6 is 0 Å². The van der Waals surface area contributed by atoms with E-state index in [0.29, 0.717) is 19.0 Å². The second-order valence-electron chi connectivity index (χ2n) is 3.13. The van der Waals surface area contributed by atoms with E-state index in [1.807, 2.05) is 24.3 Å². The molecule has 0 unspecified atom stereocenters. The van der Waals surface area contributed by atoms with Crippen LogP contribution in [-0.2, 0) is 0 Å². The summed E-state index contributed by atoms with van der Waals surface area (Å²) in [6.07, 6.45) is 3.16. The van der Waals surface area contributed by atoms with Gasteiger partial charge in [0, 0.05) is 18.3 Å². The third-order valence-electron chi connectivity index (χ3n) is 1.98. The van der Waals surface area contributed by atoms with Crippen LogP contribution in [0.4, 0.5) is 0 Å². The van der Waals surface area contributed by atoms with Crippen LogP contribution in [0, 0.1) is 0 Å². The second kappa shape index (κ2) is 5.18. The van der Waals surface area contributed by atoms with E-state index in [4.69, 9.17) is 10.5 Å². The molecule has 1 heterocycles. The lowest BCUT2D eigenvalue weighted by Gasteiger charge is -2.04. The Kier molecular flexibility index (Phi) is 3.40. The van der Waals surface area contributed by atoms with Gasteiger partial charge in [-0.25, -0.2) is 4.98 Å². The summed E-state index contributed by atoms with van der Waals surface area (Å²) in [7, 11) is 0. The van der Waals surface area contributed by atoms with Crippen molar-refractivity contribution in [3.05, 3.63) is 36.7 Å². The first-order valence-electron chi connectivity index (χ1n) is 4.97. The zero-order valence-corrected chi connectivity index (χ0v) is 8.71. The van der Waals surface area contributed by atoms with Gasteiger partial charge in [-0.05, 0) is 24.3 Å². The van der Waals surface area contributed by atoms with E-state index in [9.17, 15) is 0 Å². The van der Waals surface area contributed by atoms with Crippen molar-refractivity contribution in [3.8, 4) is 17.1 Å². The summed E-state index contributed by atoms with van der Waals surface area (Å²) in [5.74, 6) is 1.39. The average molecular weight is 216 g/mol. The summed E-state index contributed by atoms with van der Waals surface area (Å²) in [6.45, 7) is 1.02. The Hall–Kier alpha value is -2.01. The molecule has 0 bridgehead atoms. The molecule has 0 aliphatic rings. The summed E-state index contributed by atoms with van der Waals surface area (Å²) in [6, 6.07) is 7.51. The number of rotatable bonds is 4. The first-order chi connectivity index (χ1) is 7.90. The largest absolute Gasteiger partial charge is 0.492 e. The van der Waals surface area contributed by atoms with Crippen molar-refractivity contribution < 1.29 is 4.74 Å². The Bertz CT molecular complexity index is 429. The maximum absolute atomic E-state index is 5.36. The molecular formula is C11H12N4O. The minimum atomic E-state index is 0.507. The van der Waals surface area contributed by atoms with E-state index < -0.39 is 0 Å². The molecule has 0 aliphatic heterocycles. The van der Waals surface area contributed by atoms with E-state index in [1.54, 1.807) is 12.4 Å². The van der Waals surface area contributed by atoms with Crippen LogP contribution in [0.2, 0.25) is 0 Å². The van der Waals surface area contributed by atoms with Crippen molar-refractivity contribution in [1.82, 2.24) is 15.2 Å². The van der Waals surface area contributed by atoms with E-state index in [0.717, 1.165) is 11.3 Å². The molecule has 0 saturated carbocycles. The second-order valence-corrected chi connectivity index (χ2v) is 3.13. The molecule has 2 N–H and O–H groups in total. The Balaban J connectivity index is 2.13. The molecule has 5 heteroatoms. The first kappa shape index (κ1) is 10.5. The van der Waals surface area contributed by atoms with Gasteiger partial charge in [-0.1, -0.05) is 0 Å². The third kappa shape index (κ3) is 2.52. The Labute approximate surface area is 93.3 Å². The minimum Gasteiger partial charge on any atom is -0.492 e. The average Bonchev–Trinajstić information content (AvgIpc) is 2.38. The lowest BCUT2D eigenvalue weighted by atomic mass is 10.2. The van der Waals surface area contributed by atoms with Crippen molar-refractivity contribution in [2.75, 3.05) is 13.2 Å². The van der Waals surface area contributed by atoms with Gasteiger partial charge in [0.05, 0.1) is 6.20 Å². The van der Waals surface area contributed by atoms with Crippen molar-refractivity contribution in [2.24, 2.45) is 5.73 Å². The quantitative estimate of drug-likeness (QED) is 0.821. The van der Waals surface area contributed by atoms with E-state index in [-0.39, 0.29) is 0 Å². The molecule has 16 heavy (non-hydrogen) atoms. The SMILES string of the molecule is NCCOc1ccc(-c2nccnn2)cc1. The predicted octanol–water partition coefficient (Wildman–Crippen LogP) is 0.876. The summed E-state index contributed by atoms with van der Waals surface area (Å²) < 4.78 is 5.36. The highest BCUT2D eigenvalue weighted by molar-refractivity contribution is 5.55. The number of ether oxygens (including phenoxy) is 1. The number of benzene rings is 1. The molecule has 0 radical (unpaired) electrons. The van der Waals surface area contributed by atoms with Crippen molar-refractivity contribution >= 4 is 0 Å². The Morgan fingerprint density at radius 1 is 1.12 bits per heavy atom. The van der Waals surface area contributed by atoms with Gasteiger partial charge in [-0.15, -0.1) is 5.10 Å². The molecule has 2 rings (SSSR count). The minimum absolute atomic E-state index is 0.507. The highest BCUT2D eigenvalue weighted by Crippen LogP contribution is 2.18. The van der Waals surface area contributed by atoms with Crippen LogP contribution < -0.4 is 10.5 Å². The normalized spacial score (nSPS) is 10.1. The molecular weight excluding hydrogens is 204 g/mol. The zero-order chi connectivity index (χ0) is 11.2. The molecule has 1 aromatic heterocycles. The molecule has 82 valence electrons. The van der Waals surface area contributed by atoms with Gasteiger partial charge in [-0.3, -0.25) is 0 Å². The maximum atomic E-state index is 5.36. The fourth-order valence-corrected chi connectivity index (χ4v) is 1.26. The van der Waals surface area contributed by atoms with Gasteiger partial charge in [0.1, 0.15) is 12.4 Å². The number of hydrogen-bond acceptors (Lipinski definition) is 5. The number of nitrogens with zero attached hydrogens (tertiary/aromatic N) is 3. The summed E-state index contributed by atoms with van der Waals surface area (Å²) >= 11 is 0. The lowest BCUT2D eigenvalue weighted by Crippen LogP contribution is -2.10. The number of aromatic nitrogens is 3. The van der Waals surface area contributed by atoms with Crippen LogP contribution in [0.25, 0.3) is 11.4 Å². The molecule has 0 aliphatic carbocycles. The molecule has 0 amide bonds. The zero-order valence-electron chi connectivity index (χ0n) is 8.71. The topological polar surface area (TPSA) is 73.9 Å². The van der Waals surface area contributed by atoms with Gasteiger partial charge in [0.2, 0.25) is 0 Å². The summed E-state index contributed by atoms with van der Waals surface area (Å²) in [5, 5.41) is 7.69. The molecule has 0 saturated heterocycles. The van der Waals surface area contributed by atoms with Gasteiger partial charge in [0.15, 0.2) is 5.82 Å². The number of hydrogen-bond donors (Lipinski definition) is 1. The monoisotopic (exact) mass is 216 g/mol. The smallest absolute Gasteiger partial charge is 0.181 e. The van der Waals surface area contributed by atoms with Gasteiger partial charge < -0.3 is 10.5 Å². The van der Waals surface area contributed by atoms with Crippen molar-refractivity contribution in [3.63, 3.8) is 0 Å². The van der Waals surface area contributed by atoms with Gasteiger partial charge >= 0.3 is 0 Å². The first-order valence-corrected chi connectivity index (χ1v) is 4.97. The highest BCUT2D eigenvalue weighted by Gasteiger charge is 2.00. The molecule has 1 aromatic carbocycles. The fraction of sp³-hybridized carbons (Fsp3) is 0.182. The number of nitrogens with two attached hydrogens (primary N) is 1. The summed E-state index contributed by atoms with van der Waals surface area (Å²) in [5.41, 5.74) is 6.25. The Morgan fingerprint density at radius 3 is 2.56 bits per heavy atom. The van der Waals surface area contributed by atoms with Crippen LogP contribution in [0.5, 0.6) is 5.75 Å². The van der Waals surface area contributed by atoms with E-state index >= 15 is 0 Å². The standard InChI is InChI=1S/C11H12N4O/c12-5-8-16-10-3-1-9(2-4-10)11-13-6-7-14-15-11/h1-4,6-7H,5,8,12H2. The highest BCUT2D eigenvalue weighted by atomic mass is 16.5. The van der Waals surface area contributed by atoms with Crippen molar-refractivity contribution in [2.45, 2.75) is 0 Å². The van der Waals surface area contributed by atoms with Crippen LogP contribution in [0.1, 0.15) is 0 Å². The van der Waals surface area contributed by atoms with E-state index in [1.165, 1.54) is 0 Å². The predicted molar refractivity (Wildman–Crippen MR) is 59.8 cm³/mol. The molecule has 5 nitrogen and oxygen atoms in total. The van der Waals surface area contributed by atoms with Gasteiger partial charge in [0.25, 0.3) is 0 Å². The fourth-order valence-electron chi connectivity index (χ4n) is 1.26. The van der Waals surface area contributed by atoms with Crippen LogP contribution in [-0.4, -0.2) is 28.3 Å². The lowest BCUT2D eigenvalue weighted by molar-refractivity contribution is 0.328. The van der Waals surface area contributed by atoms with Crippen LogP contribution in [0.3, 0.4) is 0 Å². The summed E-state index contributed by atoms with van der Waals surface area (Å²) in [4.78, 5) is 4.11. The maximum Gasteiger partial charge on any atom is 0.181 e. The molecule has 0 spiro atoms. The Morgan fingerprint density at radius 2 is 1.94 bits per heavy atom. The third-order valence-corrected chi connectivity index (χ3v) is 1.98. The van der Waals surface area contributed by atoms with Crippen LogP contribution in [0.15, 0.2) is 36.7 Å². The van der Waals surface area contributed by atoms with Gasteiger partial charge in [-0.2, -0.15) is 5.10 Å². The molecule has 2 aromatic rings. The molecule has 0 atom stereocenters.